The standard InChI is InChI=1S/C8H11NO2/c1-5-4-7(8(10)11)6(2)9(5)3/h4H,1-3H3,(H,10,11)/p-1. The van der Waals surface area contributed by atoms with Crippen molar-refractivity contribution in [3.8, 4) is 0 Å². The molecule has 0 spiro atoms. The van der Waals surface area contributed by atoms with Gasteiger partial charge in [0.2, 0.25) is 0 Å². The van der Waals surface area contributed by atoms with Gasteiger partial charge in [-0.1, -0.05) is 0 Å². The SMILES string of the molecule is Cc1cc(C(=O)[O-])c(C)n1C. The van der Waals surface area contributed by atoms with Gasteiger partial charge in [0.15, 0.2) is 0 Å². The lowest BCUT2D eigenvalue weighted by atomic mass is 10.2. The second-order valence-corrected chi connectivity index (χ2v) is 2.63. The fraction of sp³-hybridized carbons (Fsp3) is 0.375. The first-order valence-corrected chi connectivity index (χ1v) is 3.38. The lowest BCUT2D eigenvalue weighted by Gasteiger charge is -2.01. The van der Waals surface area contributed by atoms with Gasteiger partial charge < -0.3 is 14.5 Å². The Kier molecular flexibility index (Phi) is 1.72. The Bertz CT molecular complexity index is 299. The highest BCUT2D eigenvalue weighted by atomic mass is 16.4. The van der Waals surface area contributed by atoms with E-state index >= 15 is 0 Å². The van der Waals surface area contributed by atoms with Crippen molar-refractivity contribution in [3.05, 3.63) is 23.0 Å². The number of aromatic carboxylic acids is 1. The molecule has 1 aromatic heterocycles. The van der Waals surface area contributed by atoms with Crippen molar-refractivity contribution in [3.63, 3.8) is 0 Å². The quantitative estimate of drug-likeness (QED) is 0.568. The molecule has 0 aliphatic carbocycles. The van der Waals surface area contributed by atoms with Crippen LogP contribution in [0, 0.1) is 13.8 Å². The van der Waals surface area contributed by atoms with E-state index in [1.54, 1.807) is 13.0 Å². The van der Waals surface area contributed by atoms with Crippen LogP contribution in [0.4, 0.5) is 0 Å². The summed E-state index contributed by atoms with van der Waals surface area (Å²) in [5.74, 6) is -1.11. The highest BCUT2D eigenvalue weighted by Crippen LogP contribution is 2.11. The number of carbonyl (C=O) groups is 1. The van der Waals surface area contributed by atoms with Gasteiger partial charge in [-0.3, -0.25) is 0 Å². The summed E-state index contributed by atoms with van der Waals surface area (Å²) in [6.07, 6.45) is 0. The van der Waals surface area contributed by atoms with Crippen molar-refractivity contribution < 1.29 is 9.90 Å². The average molecular weight is 152 g/mol. The normalized spacial score (nSPS) is 10.1. The van der Waals surface area contributed by atoms with Gasteiger partial charge in [0.25, 0.3) is 0 Å². The number of carboxylic acid groups (broad SMARTS) is 1. The van der Waals surface area contributed by atoms with Gasteiger partial charge in [-0.25, -0.2) is 0 Å². The second kappa shape index (κ2) is 2.42. The molecular formula is C8H10NO2-. The van der Waals surface area contributed by atoms with Crippen LogP contribution in [0.2, 0.25) is 0 Å². The predicted molar refractivity (Wildman–Crippen MR) is 39.2 cm³/mol. The molecular weight excluding hydrogens is 142 g/mol. The van der Waals surface area contributed by atoms with Gasteiger partial charge in [-0.2, -0.15) is 0 Å². The number of hydrogen-bond acceptors (Lipinski definition) is 2. The molecule has 1 heterocycles. The number of nitrogens with zero attached hydrogens (tertiary/aromatic N) is 1. The van der Waals surface area contributed by atoms with Gasteiger partial charge in [0, 0.05) is 24.0 Å². The zero-order valence-corrected chi connectivity index (χ0v) is 6.84. The van der Waals surface area contributed by atoms with E-state index in [0.29, 0.717) is 0 Å². The summed E-state index contributed by atoms with van der Waals surface area (Å²) < 4.78 is 1.82. The average Bonchev–Trinajstić information content (AvgIpc) is 2.17. The van der Waals surface area contributed by atoms with Gasteiger partial charge in [0.05, 0.1) is 5.97 Å². The molecule has 3 nitrogen and oxygen atoms in total. The molecule has 0 unspecified atom stereocenters. The minimum absolute atomic E-state index is 0.282. The molecule has 0 bridgehead atoms. The third-order valence-corrected chi connectivity index (χ3v) is 2.00. The molecule has 0 amide bonds. The zero-order valence-electron chi connectivity index (χ0n) is 6.84. The molecule has 1 aromatic rings. The van der Waals surface area contributed by atoms with Crippen molar-refractivity contribution in [1.82, 2.24) is 4.57 Å². The van der Waals surface area contributed by atoms with E-state index in [9.17, 15) is 9.90 Å². The van der Waals surface area contributed by atoms with Gasteiger partial charge in [0.1, 0.15) is 0 Å². The number of hydrogen-bond donors (Lipinski definition) is 0. The summed E-state index contributed by atoms with van der Waals surface area (Å²) in [4.78, 5) is 10.5. The first kappa shape index (κ1) is 7.85. The number of carboxylic acids is 1. The topological polar surface area (TPSA) is 45.1 Å². The van der Waals surface area contributed by atoms with Crippen LogP contribution < -0.4 is 5.11 Å². The molecule has 0 atom stereocenters. The molecule has 0 aliphatic rings. The van der Waals surface area contributed by atoms with Crippen LogP contribution in [0.5, 0.6) is 0 Å². The van der Waals surface area contributed by atoms with Crippen LogP contribution in [-0.2, 0) is 7.05 Å². The van der Waals surface area contributed by atoms with Crippen molar-refractivity contribution in [2.45, 2.75) is 13.8 Å². The smallest absolute Gasteiger partial charge is 0.0733 e. The maximum absolute atomic E-state index is 10.5. The number of aromatic nitrogens is 1. The lowest BCUT2D eigenvalue weighted by molar-refractivity contribution is -0.255. The molecule has 60 valence electrons. The number of rotatable bonds is 1. The van der Waals surface area contributed by atoms with Crippen molar-refractivity contribution >= 4 is 5.97 Å². The van der Waals surface area contributed by atoms with Crippen molar-refractivity contribution in [2.24, 2.45) is 7.05 Å². The summed E-state index contributed by atoms with van der Waals surface area (Å²) in [5, 5.41) is 10.5. The van der Waals surface area contributed by atoms with Crippen molar-refractivity contribution in [2.75, 3.05) is 0 Å². The molecule has 0 aromatic carbocycles. The van der Waals surface area contributed by atoms with E-state index in [-0.39, 0.29) is 5.56 Å². The van der Waals surface area contributed by atoms with Gasteiger partial charge in [-0.05, 0) is 19.9 Å². The van der Waals surface area contributed by atoms with E-state index < -0.39 is 5.97 Å². The Labute approximate surface area is 65.3 Å². The third kappa shape index (κ3) is 1.13. The molecule has 3 heteroatoms. The van der Waals surface area contributed by atoms with Gasteiger partial charge >= 0.3 is 0 Å². The molecule has 0 fully saturated rings. The predicted octanol–water partition coefficient (Wildman–Crippen LogP) is 0.00544. The summed E-state index contributed by atoms with van der Waals surface area (Å²) in [5.41, 5.74) is 1.95. The largest absolute Gasteiger partial charge is 0.545 e. The molecule has 0 N–H and O–H groups in total. The monoisotopic (exact) mass is 152 g/mol. The first-order chi connectivity index (χ1) is 5.04. The van der Waals surface area contributed by atoms with Crippen LogP contribution in [-0.4, -0.2) is 10.5 Å². The van der Waals surface area contributed by atoms with Gasteiger partial charge in [-0.15, -0.1) is 0 Å². The fourth-order valence-electron chi connectivity index (χ4n) is 1.06. The lowest BCUT2D eigenvalue weighted by Crippen LogP contribution is -2.22. The van der Waals surface area contributed by atoms with Crippen molar-refractivity contribution in [1.29, 1.82) is 0 Å². The molecule has 0 saturated heterocycles. The highest BCUT2D eigenvalue weighted by molar-refractivity contribution is 5.87. The third-order valence-electron chi connectivity index (χ3n) is 2.00. The summed E-state index contributed by atoms with van der Waals surface area (Å²) >= 11 is 0. The number of carbonyl (C=O) groups excluding carboxylic acids is 1. The maximum atomic E-state index is 10.5. The van der Waals surface area contributed by atoms with E-state index in [1.165, 1.54) is 0 Å². The van der Waals surface area contributed by atoms with Crippen LogP contribution >= 0.6 is 0 Å². The Morgan fingerprint density at radius 3 is 2.27 bits per heavy atom. The van der Waals surface area contributed by atoms with E-state index in [2.05, 4.69) is 0 Å². The molecule has 0 aliphatic heterocycles. The van der Waals surface area contributed by atoms with E-state index in [4.69, 9.17) is 0 Å². The number of aryl methyl sites for hydroxylation is 1. The molecule has 11 heavy (non-hydrogen) atoms. The molecule has 0 radical (unpaired) electrons. The maximum Gasteiger partial charge on any atom is 0.0733 e. The molecule has 0 saturated carbocycles. The van der Waals surface area contributed by atoms with E-state index in [0.717, 1.165) is 11.4 Å². The highest BCUT2D eigenvalue weighted by Gasteiger charge is 2.05. The first-order valence-electron chi connectivity index (χ1n) is 3.38. The van der Waals surface area contributed by atoms with Crippen LogP contribution in [0.3, 0.4) is 0 Å². The Morgan fingerprint density at radius 2 is 2.09 bits per heavy atom. The van der Waals surface area contributed by atoms with E-state index in [1.807, 2.05) is 18.5 Å². The van der Waals surface area contributed by atoms with Crippen LogP contribution in [0.1, 0.15) is 21.7 Å². The second-order valence-electron chi connectivity index (χ2n) is 2.63. The zero-order chi connectivity index (χ0) is 8.59. The minimum Gasteiger partial charge on any atom is -0.545 e. The Morgan fingerprint density at radius 1 is 1.55 bits per heavy atom. The molecule has 1 rings (SSSR count). The fourth-order valence-corrected chi connectivity index (χ4v) is 1.06. The summed E-state index contributed by atoms with van der Waals surface area (Å²) in [6.45, 7) is 3.62. The Balaban J connectivity index is 3.29. The summed E-state index contributed by atoms with van der Waals surface area (Å²) in [7, 11) is 1.83. The van der Waals surface area contributed by atoms with Crippen LogP contribution in [0.15, 0.2) is 6.07 Å². The Hall–Kier alpha value is -1.25. The minimum atomic E-state index is -1.11. The van der Waals surface area contributed by atoms with Crippen LogP contribution in [0.25, 0.3) is 0 Å². The summed E-state index contributed by atoms with van der Waals surface area (Å²) in [6, 6.07) is 1.62.